The van der Waals surface area contributed by atoms with Crippen LogP contribution in [0.2, 0.25) is 0 Å². The van der Waals surface area contributed by atoms with Crippen molar-refractivity contribution in [3.8, 4) is 5.75 Å². The van der Waals surface area contributed by atoms with Crippen LogP contribution in [-0.4, -0.2) is 28.4 Å². The zero-order valence-corrected chi connectivity index (χ0v) is 12.4. The number of para-hydroxylation sites is 1. The fourth-order valence-corrected chi connectivity index (χ4v) is 1.82. The first-order chi connectivity index (χ1) is 10.1. The van der Waals surface area contributed by atoms with Crippen LogP contribution >= 0.6 is 12.2 Å². The lowest BCUT2D eigenvalue weighted by atomic mass is 10.2. The standard InChI is InChI=1S/C14H14N4O2S/c1-9-7-12(19)17-13(16-9)18-14(21)15-8-10-5-3-4-6-11(10)20-2/h3-8H,1-2H3,(H2,16,17,18,19,21). The molecule has 2 N–H and O–H groups in total. The van der Waals surface area contributed by atoms with Gasteiger partial charge < -0.3 is 10.1 Å². The minimum atomic E-state index is -0.249. The van der Waals surface area contributed by atoms with Crippen molar-refractivity contribution in [3.63, 3.8) is 0 Å². The van der Waals surface area contributed by atoms with E-state index in [1.54, 1.807) is 20.2 Å². The molecule has 0 saturated heterocycles. The third-order valence-corrected chi connectivity index (χ3v) is 2.76. The number of aryl methyl sites for hydroxylation is 1. The third-order valence-electron chi connectivity index (χ3n) is 2.55. The van der Waals surface area contributed by atoms with E-state index in [4.69, 9.17) is 17.0 Å². The summed E-state index contributed by atoms with van der Waals surface area (Å²) in [7, 11) is 1.59. The number of rotatable bonds is 3. The van der Waals surface area contributed by atoms with Crippen LogP contribution in [0.1, 0.15) is 11.3 Å². The molecule has 0 bridgehead atoms. The summed E-state index contributed by atoms with van der Waals surface area (Å²) < 4.78 is 5.21. The summed E-state index contributed by atoms with van der Waals surface area (Å²) in [5.74, 6) is 0.966. The van der Waals surface area contributed by atoms with Crippen LogP contribution < -0.4 is 15.6 Å². The normalized spacial score (nSPS) is 10.6. The molecule has 0 fully saturated rings. The second kappa shape index (κ2) is 6.76. The summed E-state index contributed by atoms with van der Waals surface area (Å²) in [6.07, 6.45) is 1.59. The molecule has 2 aromatic rings. The second-order valence-electron chi connectivity index (χ2n) is 4.17. The highest BCUT2D eigenvalue weighted by molar-refractivity contribution is 7.80. The smallest absolute Gasteiger partial charge is 0.252 e. The third kappa shape index (κ3) is 4.22. The zero-order chi connectivity index (χ0) is 15.2. The Bertz CT molecular complexity index is 740. The van der Waals surface area contributed by atoms with Gasteiger partial charge in [-0.2, -0.15) is 0 Å². The first-order valence-electron chi connectivity index (χ1n) is 6.14. The highest BCUT2D eigenvalue weighted by Crippen LogP contribution is 2.14. The van der Waals surface area contributed by atoms with Gasteiger partial charge in [-0.3, -0.25) is 9.78 Å². The average Bonchev–Trinajstić information content (AvgIpc) is 2.44. The van der Waals surface area contributed by atoms with Crippen molar-refractivity contribution in [2.45, 2.75) is 6.92 Å². The van der Waals surface area contributed by atoms with Crippen LogP contribution in [0.25, 0.3) is 0 Å². The molecule has 0 saturated carbocycles. The predicted octanol–water partition coefficient (Wildman–Crippen LogP) is 1.90. The Labute approximate surface area is 126 Å². The number of hydrogen-bond donors (Lipinski definition) is 2. The van der Waals surface area contributed by atoms with E-state index in [2.05, 4.69) is 20.3 Å². The fourth-order valence-electron chi connectivity index (χ4n) is 1.67. The number of thiocarbonyl (C=S) groups is 1. The van der Waals surface area contributed by atoms with E-state index in [0.717, 1.165) is 5.56 Å². The van der Waals surface area contributed by atoms with E-state index < -0.39 is 0 Å². The van der Waals surface area contributed by atoms with Gasteiger partial charge in [-0.15, -0.1) is 0 Å². The summed E-state index contributed by atoms with van der Waals surface area (Å²) in [5, 5.41) is 2.95. The minimum absolute atomic E-state index is 0.189. The lowest BCUT2D eigenvalue weighted by molar-refractivity contribution is 0.414. The lowest BCUT2D eigenvalue weighted by Crippen LogP contribution is -2.15. The number of anilines is 1. The summed E-state index contributed by atoms with van der Waals surface area (Å²) in [4.78, 5) is 22.1. The molecule has 1 heterocycles. The van der Waals surface area contributed by atoms with Gasteiger partial charge in [0, 0.05) is 23.5 Å². The van der Waals surface area contributed by atoms with Crippen LogP contribution in [0.4, 0.5) is 5.95 Å². The number of nitrogens with zero attached hydrogens (tertiary/aromatic N) is 2. The SMILES string of the molecule is COc1ccccc1C=NC(=S)Nc1nc(C)cc(=O)[nH]1. The summed E-state index contributed by atoms with van der Waals surface area (Å²) >= 11 is 5.09. The Morgan fingerprint density at radius 3 is 2.95 bits per heavy atom. The molecule has 1 aromatic carbocycles. The molecule has 2 rings (SSSR count). The molecule has 0 atom stereocenters. The largest absolute Gasteiger partial charge is 0.496 e. The molecule has 0 aliphatic carbocycles. The van der Waals surface area contributed by atoms with Gasteiger partial charge in [0.2, 0.25) is 5.95 Å². The summed E-state index contributed by atoms with van der Waals surface area (Å²) in [6.45, 7) is 1.72. The highest BCUT2D eigenvalue weighted by Gasteiger charge is 2.01. The van der Waals surface area contributed by atoms with Crippen molar-refractivity contribution >= 4 is 29.5 Å². The number of aromatic amines is 1. The Hall–Kier alpha value is -2.54. The Kier molecular flexibility index (Phi) is 4.78. The van der Waals surface area contributed by atoms with Crippen LogP contribution in [0.5, 0.6) is 5.75 Å². The van der Waals surface area contributed by atoms with Gasteiger partial charge in [-0.05, 0) is 31.3 Å². The first kappa shape index (κ1) is 14.9. The lowest BCUT2D eigenvalue weighted by Gasteiger charge is -2.04. The van der Waals surface area contributed by atoms with Crippen LogP contribution in [0.15, 0.2) is 40.1 Å². The van der Waals surface area contributed by atoms with Gasteiger partial charge in [-0.25, -0.2) is 9.98 Å². The van der Waals surface area contributed by atoms with Gasteiger partial charge in [0.1, 0.15) is 5.75 Å². The molecule has 1 aromatic heterocycles. The maximum Gasteiger partial charge on any atom is 0.252 e. The second-order valence-corrected chi connectivity index (χ2v) is 4.55. The van der Waals surface area contributed by atoms with Crippen molar-refractivity contribution in [2.75, 3.05) is 12.4 Å². The van der Waals surface area contributed by atoms with E-state index in [1.807, 2.05) is 24.3 Å². The van der Waals surface area contributed by atoms with Crippen molar-refractivity contribution in [2.24, 2.45) is 4.99 Å². The van der Waals surface area contributed by atoms with E-state index in [9.17, 15) is 4.79 Å². The molecule has 21 heavy (non-hydrogen) atoms. The zero-order valence-electron chi connectivity index (χ0n) is 11.6. The molecule has 108 valence electrons. The molecular weight excluding hydrogens is 288 g/mol. The number of benzene rings is 1. The topological polar surface area (TPSA) is 79.4 Å². The van der Waals surface area contributed by atoms with E-state index in [-0.39, 0.29) is 16.6 Å². The van der Waals surface area contributed by atoms with Crippen LogP contribution in [0.3, 0.4) is 0 Å². The van der Waals surface area contributed by atoms with Crippen LogP contribution in [-0.2, 0) is 0 Å². The van der Waals surface area contributed by atoms with Crippen molar-refractivity contribution in [3.05, 3.63) is 51.9 Å². The highest BCUT2D eigenvalue weighted by atomic mass is 32.1. The Morgan fingerprint density at radius 1 is 1.48 bits per heavy atom. The van der Waals surface area contributed by atoms with E-state index in [1.165, 1.54) is 6.07 Å². The van der Waals surface area contributed by atoms with E-state index in [0.29, 0.717) is 11.4 Å². The Morgan fingerprint density at radius 2 is 2.24 bits per heavy atom. The maximum atomic E-state index is 11.3. The van der Waals surface area contributed by atoms with Crippen LogP contribution in [0, 0.1) is 6.92 Å². The van der Waals surface area contributed by atoms with E-state index >= 15 is 0 Å². The number of nitrogens with one attached hydrogen (secondary N) is 2. The molecule has 0 spiro atoms. The number of H-pyrrole nitrogens is 1. The summed E-state index contributed by atoms with van der Waals surface area (Å²) in [6, 6.07) is 8.83. The molecule has 0 aliphatic heterocycles. The maximum absolute atomic E-state index is 11.3. The number of hydrogen-bond acceptors (Lipinski definition) is 4. The van der Waals surface area contributed by atoms with Crippen molar-refractivity contribution < 1.29 is 4.74 Å². The minimum Gasteiger partial charge on any atom is -0.496 e. The summed E-state index contributed by atoms with van der Waals surface area (Å²) in [5.41, 5.74) is 1.15. The number of methoxy groups -OCH3 is 1. The molecule has 6 nitrogen and oxygen atoms in total. The number of aliphatic imine (C=N–C) groups is 1. The molecule has 7 heteroatoms. The van der Waals surface area contributed by atoms with Gasteiger partial charge >= 0.3 is 0 Å². The van der Waals surface area contributed by atoms with Gasteiger partial charge in [0.05, 0.1) is 7.11 Å². The Balaban J connectivity index is 2.11. The molecule has 0 radical (unpaired) electrons. The predicted molar refractivity (Wildman–Crippen MR) is 86.4 cm³/mol. The molecular formula is C14H14N4O2S. The first-order valence-corrected chi connectivity index (χ1v) is 6.55. The fraction of sp³-hybridized carbons (Fsp3) is 0.143. The van der Waals surface area contributed by atoms with Gasteiger partial charge in [0.25, 0.3) is 5.56 Å². The van der Waals surface area contributed by atoms with Crippen molar-refractivity contribution in [1.29, 1.82) is 0 Å². The quantitative estimate of drug-likeness (QED) is 0.669. The molecule has 0 aliphatic rings. The number of ether oxygens (including phenoxy) is 1. The van der Waals surface area contributed by atoms with Crippen molar-refractivity contribution in [1.82, 2.24) is 9.97 Å². The average molecular weight is 302 g/mol. The molecule has 0 unspecified atom stereocenters. The van der Waals surface area contributed by atoms with Gasteiger partial charge in [0.15, 0.2) is 5.11 Å². The molecule has 0 amide bonds. The monoisotopic (exact) mass is 302 g/mol. The number of aromatic nitrogens is 2. The van der Waals surface area contributed by atoms with Gasteiger partial charge in [-0.1, -0.05) is 12.1 Å².